The molecule has 1 aliphatic heterocycles. The van der Waals surface area contributed by atoms with E-state index >= 15 is 0 Å². The Morgan fingerprint density at radius 3 is 2.57 bits per heavy atom. The van der Waals surface area contributed by atoms with Gasteiger partial charge in [0, 0.05) is 32.1 Å². The van der Waals surface area contributed by atoms with E-state index in [9.17, 15) is 15.3 Å². The largest absolute Gasteiger partial charge is 0.388 e. The van der Waals surface area contributed by atoms with Gasteiger partial charge in [-0.1, -0.05) is 41.9 Å². The van der Waals surface area contributed by atoms with E-state index in [-0.39, 0.29) is 6.61 Å². The third-order valence-corrected chi connectivity index (χ3v) is 6.37. The number of nitrogens with zero attached hydrogens (tertiary/aromatic N) is 1. The molecule has 0 saturated carbocycles. The predicted octanol–water partition coefficient (Wildman–Crippen LogP) is 3.69. The monoisotopic (exact) mass is 422 g/mol. The first kappa shape index (κ1) is 18.2. The summed E-state index contributed by atoms with van der Waals surface area (Å²) in [6.45, 7) is -0.0603. The molecule has 2 aromatic heterocycles. The van der Waals surface area contributed by atoms with E-state index in [1.165, 1.54) is 0 Å². The lowest BCUT2D eigenvalue weighted by atomic mass is 10.0. The van der Waals surface area contributed by atoms with Gasteiger partial charge in [-0.2, -0.15) is 0 Å². The van der Waals surface area contributed by atoms with Crippen molar-refractivity contribution < 1.29 is 20.1 Å². The first-order chi connectivity index (χ1) is 14.5. The second-order valence-corrected chi connectivity index (χ2v) is 8.30. The molecule has 7 heteroatoms. The standard InChI is InChI=1S/C23H19ClN2O4/c24-11-5-8-16-15(9-11)13-6-7-14-12-3-1-2-4-17(12)26(20(14)19(13)25-16)23-22(29)21(28)18(27)10-30-23/h1-9,18,21-23,25,27-29H,10H2. The molecule has 5 aromatic rings. The topological polar surface area (TPSA) is 90.6 Å². The summed E-state index contributed by atoms with van der Waals surface area (Å²) in [5.41, 5.74) is 3.61. The minimum Gasteiger partial charge on any atom is -0.388 e. The molecule has 6 rings (SSSR count). The Bertz CT molecular complexity index is 1440. The highest BCUT2D eigenvalue weighted by Crippen LogP contribution is 2.40. The van der Waals surface area contributed by atoms with Crippen molar-refractivity contribution >= 4 is 55.2 Å². The molecule has 4 N–H and O–H groups in total. The van der Waals surface area contributed by atoms with Crippen molar-refractivity contribution in [3.05, 3.63) is 59.6 Å². The molecule has 0 amide bonds. The zero-order chi connectivity index (χ0) is 20.6. The van der Waals surface area contributed by atoms with Crippen LogP contribution in [-0.2, 0) is 4.74 Å². The number of H-pyrrole nitrogens is 1. The molecular weight excluding hydrogens is 404 g/mol. The van der Waals surface area contributed by atoms with Crippen molar-refractivity contribution in [3.63, 3.8) is 0 Å². The normalized spacial score (nSPS) is 25.1. The fourth-order valence-electron chi connectivity index (χ4n) is 4.71. The summed E-state index contributed by atoms with van der Waals surface area (Å²) in [7, 11) is 0. The Labute approximate surface area is 175 Å². The average molecular weight is 423 g/mol. The molecular formula is C23H19ClN2O4. The molecule has 3 heterocycles. The highest BCUT2D eigenvalue weighted by molar-refractivity contribution is 6.32. The maximum Gasteiger partial charge on any atom is 0.163 e. The highest BCUT2D eigenvalue weighted by Gasteiger charge is 2.40. The van der Waals surface area contributed by atoms with Crippen LogP contribution in [-0.4, -0.2) is 49.8 Å². The number of aromatic amines is 1. The van der Waals surface area contributed by atoms with E-state index in [2.05, 4.69) is 17.1 Å². The summed E-state index contributed by atoms with van der Waals surface area (Å²) >= 11 is 6.24. The van der Waals surface area contributed by atoms with Gasteiger partial charge in [0.2, 0.25) is 0 Å². The number of rotatable bonds is 1. The molecule has 4 atom stereocenters. The van der Waals surface area contributed by atoms with Gasteiger partial charge in [0.1, 0.15) is 18.3 Å². The number of aromatic nitrogens is 2. The van der Waals surface area contributed by atoms with E-state index in [4.69, 9.17) is 16.3 Å². The first-order valence-electron chi connectivity index (χ1n) is 9.83. The zero-order valence-corrected chi connectivity index (χ0v) is 16.5. The lowest BCUT2D eigenvalue weighted by molar-refractivity contribution is -0.208. The Morgan fingerprint density at radius 1 is 0.900 bits per heavy atom. The fourth-order valence-corrected chi connectivity index (χ4v) is 4.88. The van der Waals surface area contributed by atoms with Gasteiger partial charge in [-0.25, -0.2) is 0 Å². The lowest BCUT2D eigenvalue weighted by Gasteiger charge is -2.36. The van der Waals surface area contributed by atoms with Crippen LogP contribution in [0.25, 0.3) is 43.6 Å². The fraction of sp³-hybridized carbons (Fsp3) is 0.217. The number of benzene rings is 3. The number of fused-ring (bicyclic) bond motifs is 7. The predicted molar refractivity (Wildman–Crippen MR) is 117 cm³/mol. The van der Waals surface area contributed by atoms with Crippen LogP contribution >= 0.6 is 11.6 Å². The smallest absolute Gasteiger partial charge is 0.163 e. The summed E-state index contributed by atoms with van der Waals surface area (Å²) in [4.78, 5) is 3.49. The molecule has 30 heavy (non-hydrogen) atoms. The quantitative estimate of drug-likeness (QED) is 0.331. The van der Waals surface area contributed by atoms with Crippen LogP contribution < -0.4 is 0 Å². The van der Waals surface area contributed by atoms with Crippen LogP contribution in [0.5, 0.6) is 0 Å². The van der Waals surface area contributed by atoms with E-state index in [1.807, 2.05) is 47.0 Å². The summed E-state index contributed by atoms with van der Waals surface area (Å²) in [6.07, 6.45) is -4.53. The van der Waals surface area contributed by atoms with E-state index in [0.29, 0.717) is 5.02 Å². The SMILES string of the molecule is OC1COC(n2c3ccccc3c3ccc4c5cc(Cl)ccc5[nH]c4c32)C(O)C1O. The Morgan fingerprint density at radius 2 is 1.70 bits per heavy atom. The van der Waals surface area contributed by atoms with Crippen molar-refractivity contribution in [3.8, 4) is 0 Å². The Kier molecular flexibility index (Phi) is 3.90. The molecule has 0 spiro atoms. The second-order valence-electron chi connectivity index (χ2n) is 7.86. The van der Waals surface area contributed by atoms with Gasteiger partial charge >= 0.3 is 0 Å². The van der Waals surface area contributed by atoms with Gasteiger partial charge in [0.05, 0.1) is 23.2 Å². The van der Waals surface area contributed by atoms with Gasteiger partial charge in [-0.3, -0.25) is 0 Å². The molecule has 4 unspecified atom stereocenters. The third-order valence-electron chi connectivity index (χ3n) is 6.13. The number of hydrogen-bond acceptors (Lipinski definition) is 4. The number of para-hydroxylation sites is 1. The lowest BCUT2D eigenvalue weighted by Crippen LogP contribution is -2.50. The Hall–Kier alpha value is -2.61. The van der Waals surface area contributed by atoms with Crippen LogP contribution in [0.4, 0.5) is 0 Å². The second kappa shape index (κ2) is 6.44. The minimum absolute atomic E-state index is 0.0603. The number of halogens is 1. The molecule has 0 aliphatic carbocycles. The van der Waals surface area contributed by atoms with Gasteiger partial charge in [-0.15, -0.1) is 0 Å². The van der Waals surface area contributed by atoms with Crippen LogP contribution in [0.1, 0.15) is 6.23 Å². The molecule has 3 aromatic carbocycles. The number of aliphatic hydroxyl groups is 3. The first-order valence-corrected chi connectivity index (χ1v) is 10.2. The number of nitrogens with one attached hydrogen (secondary N) is 1. The highest BCUT2D eigenvalue weighted by atomic mass is 35.5. The molecule has 0 radical (unpaired) electrons. The molecule has 6 nitrogen and oxygen atoms in total. The summed E-state index contributed by atoms with van der Waals surface area (Å²) in [6, 6.07) is 17.7. The molecule has 1 fully saturated rings. The van der Waals surface area contributed by atoms with E-state index < -0.39 is 24.5 Å². The Balaban J connectivity index is 1.75. The van der Waals surface area contributed by atoms with Crippen molar-refractivity contribution in [1.29, 1.82) is 0 Å². The van der Waals surface area contributed by atoms with Gasteiger partial charge < -0.3 is 29.6 Å². The maximum absolute atomic E-state index is 10.8. The molecule has 152 valence electrons. The third kappa shape index (κ3) is 2.40. The summed E-state index contributed by atoms with van der Waals surface area (Å²) in [5.74, 6) is 0. The van der Waals surface area contributed by atoms with Crippen LogP contribution in [0.2, 0.25) is 5.02 Å². The number of ether oxygens (including phenoxy) is 1. The molecule has 1 aliphatic rings. The summed E-state index contributed by atoms with van der Waals surface area (Å²) < 4.78 is 7.76. The van der Waals surface area contributed by atoms with Crippen LogP contribution in [0.3, 0.4) is 0 Å². The maximum atomic E-state index is 10.8. The van der Waals surface area contributed by atoms with Crippen molar-refractivity contribution in [2.24, 2.45) is 0 Å². The van der Waals surface area contributed by atoms with Crippen LogP contribution in [0, 0.1) is 0 Å². The molecule has 1 saturated heterocycles. The van der Waals surface area contributed by atoms with E-state index in [1.54, 1.807) is 0 Å². The minimum atomic E-state index is -1.29. The summed E-state index contributed by atoms with van der Waals surface area (Å²) in [5, 5.41) is 35.7. The zero-order valence-electron chi connectivity index (χ0n) is 15.8. The molecule has 0 bridgehead atoms. The van der Waals surface area contributed by atoms with Gasteiger partial charge in [0.15, 0.2) is 6.23 Å². The van der Waals surface area contributed by atoms with E-state index in [0.717, 1.165) is 43.6 Å². The van der Waals surface area contributed by atoms with Crippen molar-refractivity contribution in [2.75, 3.05) is 6.61 Å². The average Bonchev–Trinajstić information content (AvgIpc) is 3.28. The number of hydrogen-bond donors (Lipinski definition) is 4. The van der Waals surface area contributed by atoms with Crippen LogP contribution in [0.15, 0.2) is 54.6 Å². The van der Waals surface area contributed by atoms with Crippen molar-refractivity contribution in [1.82, 2.24) is 9.55 Å². The van der Waals surface area contributed by atoms with Crippen molar-refractivity contribution in [2.45, 2.75) is 24.5 Å². The number of aliphatic hydroxyl groups excluding tert-OH is 3. The van der Waals surface area contributed by atoms with Gasteiger partial charge in [0.25, 0.3) is 0 Å². The van der Waals surface area contributed by atoms with Gasteiger partial charge in [-0.05, 0) is 24.3 Å².